The van der Waals surface area contributed by atoms with E-state index in [-0.39, 0.29) is 21.8 Å². The van der Waals surface area contributed by atoms with E-state index in [1.807, 2.05) is 0 Å². The van der Waals surface area contributed by atoms with E-state index in [4.69, 9.17) is 46.4 Å². The molecular weight excluding hydrogens is 356 g/mol. The lowest BCUT2D eigenvalue weighted by Crippen LogP contribution is -2.27. The first-order chi connectivity index (χ1) is 9.88. The van der Waals surface area contributed by atoms with Crippen molar-refractivity contribution in [3.05, 3.63) is 55.7 Å². The Kier molecular flexibility index (Phi) is 5.27. The lowest BCUT2D eigenvalue weighted by Gasteiger charge is -2.18. The van der Waals surface area contributed by atoms with E-state index in [2.05, 4.69) is 10.2 Å². The Morgan fingerprint density at radius 3 is 2.52 bits per heavy atom. The van der Waals surface area contributed by atoms with Gasteiger partial charge in [0.2, 0.25) is 0 Å². The highest BCUT2D eigenvalue weighted by Gasteiger charge is 2.18. The maximum absolute atomic E-state index is 12.3. The molecule has 0 unspecified atom stereocenters. The second kappa shape index (κ2) is 6.79. The van der Waals surface area contributed by atoms with E-state index in [1.165, 1.54) is 11.0 Å². The molecule has 1 amide bonds. The number of carbonyl (C=O) groups excluding carboxylic acids is 1. The van der Waals surface area contributed by atoms with Gasteiger partial charge in [-0.25, -0.2) is 0 Å². The minimum atomic E-state index is -0.331. The van der Waals surface area contributed by atoms with Crippen LogP contribution in [-0.2, 0) is 6.54 Å². The molecule has 1 heterocycles. The van der Waals surface area contributed by atoms with Crippen LogP contribution in [0.2, 0.25) is 20.4 Å². The van der Waals surface area contributed by atoms with Gasteiger partial charge in [0.05, 0.1) is 5.56 Å². The summed E-state index contributed by atoms with van der Waals surface area (Å²) < 4.78 is 0. The number of halogens is 4. The van der Waals surface area contributed by atoms with Crippen LogP contribution in [-0.4, -0.2) is 28.1 Å². The van der Waals surface area contributed by atoms with E-state index in [9.17, 15) is 4.79 Å². The molecule has 0 aliphatic rings. The summed E-state index contributed by atoms with van der Waals surface area (Å²) >= 11 is 23.5. The highest BCUT2D eigenvalue weighted by atomic mass is 35.5. The van der Waals surface area contributed by atoms with E-state index in [1.54, 1.807) is 25.2 Å². The molecule has 8 heteroatoms. The number of benzene rings is 1. The highest BCUT2D eigenvalue weighted by Crippen LogP contribution is 2.23. The van der Waals surface area contributed by atoms with E-state index in [0.717, 1.165) is 5.56 Å². The maximum atomic E-state index is 12.3. The lowest BCUT2D eigenvalue weighted by atomic mass is 10.2. The fourth-order valence-electron chi connectivity index (χ4n) is 1.69. The molecular formula is C13H9Cl4N3O. The molecule has 4 nitrogen and oxygen atoms in total. The van der Waals surface area contributed by atoms with E-state index >= 15 is 0 Å². The molecule has 2 aromatic rings. The van der Waals surface area contributed by atoms with Crippen molar-refractivity contribution in [1.82, 2.24) is 15.1 Å². The van der Waals surface area contributed by atoms with Gasteiger partial charge in [0.15, 0.2) is 10.3 Å². The van der Waals surface area contributed by atoms with Gasteiger partial charge in [-0.1, -0.05) is 52.5 Å². The fourth-order valence-corrected chi connectivity index (χ4v) is 2.47. The van der Waals surface area contributed by atoms with Crippen LogP contribution in [0.1, 0.15) is 15.9 Å². The minimum absolute atomic E-state index is 0.00143. The average Bonchev–Trinajstić information content (AvgIpc) is 2.43. The number of amides is 1. The van der Waals surface area contributed by atoms with Gasteiger partial charge in [0.1, 0.15) is 0 Å². The normalized spacial score (nSPS) is 10.5. The molecule has 1 aromatic carbocycles. The summed E-state index contributed by atoms with van der Waals surface area (Å²) in [6.07, 6.45) is 0. The van der Waals surface area contributed by atoms with Crippen molar-refractivity contribution < 1.29 is 4.79 Å². The number of hydrogen-bond acceptors (Lipinski definition) is 3. The van der Waals surface area contributed by atoms with Crippen molar-refractivity contribution in [3.8, 4) is 0 Å². The molecule has 0 saturated carbocycles. The summed E-state index contributed by atoms with van der Waals surface area (Å²) in [4.78, 5) is 13.8. The molecule has 0 radical (unpaired) electrons. The molecule has 0 fully saturated rings. The van der Waals surface area contributed by atoms with Crippen LogP contribution in [0.4, 0.5) is 0 Å². The number of aromatic nitrogens is 2. The SMILES string of the molecule is CN(Cc1ccc(Cl)cc1Cl)C(=O)c1cc(Cl)nnc1Cl. The molecule has 0 atom stereocenters. The summed E-state index contributed by atoms with van der Waals surface area (Å²) in [6, 6.07) is 6.46. The molecule has 0 N–H and O–H groups in total. The van der Waals surface area contributed by atoms with Gasteiger partial charge in [-0.2, -0.15) is 0 Å². The zero-order chi connectivity index (χ0) is 15.6. The third kappa shape index (κ3) is 3.98. The van der Waals surface area contributed by atoms with Gasteiger partial charge in [-0.3, -0.25) is 4.79 Å². The molecule has 21 heavy (non-hydrogen) atoms. The molecule has 110 valence electrons. The maximum Gasteiger partial charge on any atom is 0.257 e. The topological polar surface area (TPSA) is 46.1 Å². The zero-order valence-electron chi connectivity index (χ0n) is 10.8. The Morgan fingerprint density at radius 1 is 1.14 bits per heavy atom. The van der Waals surface area contributed by atoms with Crippen LogP contribution in [0.3, 0.4) is 0 Å². The summed E-state index contributed by atoms with van der Waals surface area (Å²) in [5.74, 6) is -0.331. The van der Waals surface area contributed by atoms with Gasteiger partial charge in [0, 0.05) is 23.6 Å². The van der Waals surface area contributed by atoms with Crippen LogP contribution in [0.15, 0.2) is 24.3 Å². The summed E-state index contributed by atoms with van der Waals surface area (Å²) in [5, 5.41) is 8.29. The molecule has 2 rings (SSSR count). The molecule has 0 saturated heterocycles. The predicted octanol–water partition coefficient (Wildman–Crippen LogP) is 4.36. The smallest absolute Gasteiger partial charge is 0.257 e. The first-order valence-electron chi connectivity index (χ1n) is 5.76. The number of hydrogen-bond donors (Lipinski definition) is 0. The van der Waals surface area contributed by atoms with Crippen LogP contribution >= 0.6 is 46.4 Å². The van der Waals surface area contributed by atoms with E-state index in [0.29, 0.717) is 16.6 Å². The standard InChI is InChI=1S/C13H9Cl4N3O/c1-20(6-7-2-3-8(14)4-10(7)15)13(21)9-5-11(16)18-19-12(9)17/h2-5H,6H2,1H3. The van der Waals surface area contributed by atoms with Crippen LogP contribution < -0.4 is 0 Å². The number of rotatable bonds is 3. The van der Waals surface area contributed by atoms with Gasteiger partial charge >= 0.3 is 0 Å². The predicted molar refractivity (Wildman–Crippen MR) is 84.3 cm³/mol. The lowest BCUT2D eigenvalue weighted by molar-refractivity contribution is 0.0784. The molecule has 0 bridgehead atoms. The average molecular weight is 365 g/mol. The third-order valence-electron chi connectivity index (χ3n) is 2.72. The molecule has 0 aliphatic carbocycles. The second-order valence-corrected chi connectivity index (χ2v) is 5.86. The van der Waals surface area contributed by atoms with Crippen LogP contribution in [0, 0.1) is 0 Å². The first kappa shape index (κ1) is 16.3. The molecule has 0 spiro atoms. The Labute approximate surface area is 141 Å². The summed E-state index contributed by atoms with van der Waals surface area (Å²) in [7, 11) is 1.62. The number of carbonyl (C=O) groups is 1. The highest BCUT2D eigenvalue weighted by molar-refractivity contribution is 6.35. The van der Waals surface area contributed by atoms with Crippen molar-refractivity contribution in [2.45, 2.75) is 6.54 Å². The first-order valence-corrected chi connectivity index (χ1v) is 7.28. The number of nitrogens with zero attached hydrogens (tertiary/aromatic N) is 3. The zero-order valence-corrected chi connectivity index (χ0v) is 13.8. The van der Waals surface area contributed by atoms with Crippen molar-refractivity contribution in [1.29, 1.82) is 0 Å². The Hall–Kier alpha value is -1.07. The molecule has 1 aromatic heterocycles. The molecule has 0 aliphatic heterocycles. The minimum Gasteiger partial charge on any atom is -0.337 e. The fraction of sp³-hybridized carbons (Fsp3) is 0.154. The monoisotopic (exact) mass is 363 g/mol. The summed E-state index contributed by atoms with van der Waals surface area (Å²) in [6.45, 7) is 0.297. The van der Waals surface area contributed by atoms with Crippen molar-refractivity contribution in [3.63, 3.8) is 0 Å². The second-order valence-electron chi connectivity index (χ2n) is 4.27. The Morgan fingerprint density at radius 2 is 1.86 bits per heavy atom. The largest absolute Gasteiger partial charge is 0.337 e. The summed E-state index contributed by atoms with van der Waals surface area (Å²) in [5.41, 5.74) is 0.949. The Bertz CT molecular complexity index is 693. The van der Waals surface area contributed by atoms with Crippen molar-refractivity contribution >= 4 is 52.3 Å². The van der Waals surface area contributed by atoms with Gasteiger partial charge < -0.3 is 4.90 Å². The van der Waals surface area contributed by atoms with E-state index < -0.39 is 0 Å². The third-order valence-corrected chi connectivity index (χ3v) is 3.77. The van der Waals surface area contributed by atoms with Gasteiger partial charge in [-0.05, 0) is 23.8 Å². The quantitative estimate of drug-likeness (QED) is 0.812. The van der Waals surface area contributed by atoms with Crippen LogP contribution in [0.5, 0.6) is 0 Å². The van der Waals surface area contributed by atoms with Gasteiger partial charge in [-0.15, -0.1) is 10.2 Å². The van der Waals surface area contributed by atoms with Crippen LogP contribution in [0.25, 0.3) is 0 Å². The van der Waals surface area contributed by atoms with Crippen molar-refractivity contribution in [2.75, 3.05) is 7.05 Å². The van der Waals surface area contributed by atoms with Crippen molar-refractivity contribution in [2.24, 2.45) is 0 Å². The van der Waals surface area contributed by atoms with Gasteiger partial charge in [0.25, 0.3) is 5.91 Å². The Balaban J connectivity index is 2.21.